The first-order valence-corrected chi connectivity index (χ1v) is 7.01. The van der Waals surface area contributed by atoms with Crippen molar-refractivity contribution in [2.24, 2.45) is 11.3 Å². The van der Waals surface area contributed by atoms with Gasteiger partial charge in [-0.3, -0.25) is 0 Å². The van der Waals surface area contributed by atoms with Gasteiger partial charge in [0.1, 0.15) is 0 Å². The Kier molecular flexibility index (Phi) is 3.88. The lowest BCUT2D eigenvalue weighted by atomic mass is 9.77. The maximum Gasteiger partial charge on any atom is 0.225 e. The third kappa shape index (κ3) is 3.21. The minimum atomic E-state index is 0.420. The molecular weight excluding hydrogens is 222 g/mol. The average Bonchev–Trinajstić information content (AvgIpc) is 2.53. The molecule has 1 fully saturated rings. The van der Waals surface area contributed by atoms with Crippen molar-refractivity contribution < 1.29 is 0 Å². The van der Waals surface area contributed by atoms with Crippen molar-refractivity contribution in [2.75, 3.05) is 18.0 Å². The fraction of sp³-hybridized carbons (Fsp3) is 0.733. The summed E-state index contributed by atoms with van der Waals surface area (Å²) in [6.45, 7) is 11.3. The van der Waals surface area contributed by atoms with Crippen LogP contribution in [0.3, 0.4) is 0 Å². The summed E-state index contributed by atoms with van der Waals surface area (Å²) >= 11 is 0. The molecule has 0 radical (unpaired) electrons. The highest BCUT2D eigenvalue weighted by molar-refractivity contribution is 5.30. The molecule has 0 saturated carbocycles. The average molecular weight is 247 g/mol. The first-order valence-electron chi connectivity index (χ1n) is 7.01. The van der Waals surface area contributed by atoms with E-state index < -0.39 is 0 Å². The summed E-state index contributed by atoms with van der Waals surface area (Å²) < 4.78 is 0. The molecule has 1 aliphatic rings. The molecule has 1 atom stereocenters. The van der Waals surface area contributed by atoms with Gasteiger partial charge in [-0.2, -0.15) is 0 Å². The number of aromatic nitrogens is 2. The highest BCUT2D eigenvalue weighted by atomic mass is 15.2. The molecule has 0 spiro atoms. The molecule has 1 aromatic heterocycles. The van der Waals surface area contributed by atoms with Gasteiger partial charge in [0.2, 0.25) is 5.95 Å². The molecule has 0 bridgehead atoms. The Labute approximate surface area is 111 Å². The van der Waals surface area contributed by atoms with Crippen LogP contribution < -0.4 is 4.90 Å². The Morgan fingerprint density at radius 2 is 2.00 bits per heavy atom. The highest BCUT2D eigenvalue weighted by Crippen LogP contribution is 2.34. The number of aryl methyl sites for hydroxylation is 1. The van der Waals surface area contributed by atoms with Crippen LogP contribution in [0.2, 0.25) is 0 Å². The number of rotatable bonds is 1. The smallest absolute Gasteiger partial charge is 0.225 e. The molecule has 1 aliphatic heterocycles. The van der Waals surface area contributed by atoms with Gasteiger partial charge in [-0.25, -0.2) is 9.97 Å². The zero-order chi connectivity index (χ0) is 13.2. The lowest BCUT2D eigenvalue weighted by Crippen LogP contribution is -2.27. The quantitative estimate of drug-likeness (QED) is 0.761. The molecule has 1 aromatic rings. The SMILES string of the molecule is Cc1ccnc(N2CCCC(C(C)(C)C)CC2)n1. The van der Waals surface area contributed by atoms with Gasteiger partial charge in [-0.15, -0.1) is 0 Å². The van der Waals surface area contributed by atoms with Gasteiger partial charge in [0.15, 0.2) is 0 Å². The van der Waals surface area contributed by atoms with Crippen molar-refractivity contribution in [1.29, 1.82) is 0 Å². The lowest BCUT2D eigenvalue weighted by Gasteiger charge is -2.29. The van der Waals surface area contributed by atoms with E-state index in [4.69, 9.17) is 0 Å². The fourth-order valence-corrected chi connectivity index (χ4v) is 2.75. The summed E-state index contributed by atoms with van der Waals surface area (Å²) in [7, 11) is 0. The third-order valence-electron chi connectivity index (χ3n) is 4.02. The summed E-state index contributed by atoms with van der Waals surface area (Å²) in [6.07, 6.45) is 5.69. The number of anilines is 1. The molecule has 0 N–H and O–H groups in total. The van der Waals surface area contributed by atoms with Crippen LogP contribution in [0.25, 0.3) is 0 Å². The largest absolute Gasteiger partial charge is 0.341 e. The van der Waals surface area contributed by atoms with Crippen molar-refractivity contribution in [2.45, 2.75) is 47.0 Å². The van der Waals surface area contributed by atoms with Crippen LogP contribution in [0.15, 0.2) is 12.3 Å². The van der Waals surface area contributed by atoms with Crippen LogP contribution in [0.5, 0.6) is 0 Å². The molecule has 18 heavy (non-hydrogen) atoms. The topological polar surface area (TPSA) is 29.0 Å². The van der Waals surface area contributed by atoms with E-state index in [-0.39, 0.29) is 0 Å². The van der Waals surface area contributed by atoms with Crippen molar-refractivity contribution in [3.63, 3.8) is 0 Å². The molecule has 1 unspecified atom stereocenters. The van der Waals surface area contributed by atoms with Crippen LogP contribution in [-0.4, -0.2) is 23.1 Å². The summed E-state index contributed by atoms with van der Waals surface area (Å²) in [6, 6.07) is 1.96. The van der Waals surface area contributed by atoms with E-state index in [1.54, 1.807) is 0 Å². The van der Waals surface area contributed by atoms with Crippen LogP contribution in [-0.2, 0) is 0 Å². The molecule has 0 aromatic carbocycles. The maximum absolute atomic E-state index is 4.54. The molecular formula is C15H25N3. The van der Waals surface area contributed by atoms with E-state index in [0.717, 1.165) is 30.6 Å². The zero-order valence-corrected chi connectivity index (χ0v) is 12.1. The molecule has 100 valence electrons. The Morgan fingerprint density at radius 1 is 1.22 bits per heavy atom. The fourth-order valence-electron chi connectivity index (χ4n) is 2.75. The van der Waals surface area contributed by atoms with Crippen LogP contribution in [0.4, 0.5) is 5.95 Å². The summed E-state index contributed by atoms with van der Waals surface area (Å²) in [5.74, 6) is 1.72. The van der Waals surface area contributed by atoms with Gasteiger partial charge in [-0.05, 0) is 43.6 Å². The molecule has 3 nitrogen and oxygen atoms in total. The Balaban J connectivity index is 2.05. The van der Waals surface area contributed by atoms with Gasteiger partial charge < -0.3 is 4.90 Å². The van der Waals surface area contributed by atoms with Gasteiger partial charge in [0.05, 0.1) is 0 Å². The predicted molar refractivity (Wildman–Crippen MR) is 75.8 cm³/mol. The first-order chi connectivity index (χ1) is 8.47. The number of hydrogen-bond donors (Lipinski definition) is 0. The third-order valence-corrected chi connectivity index (χ3v) is 4.02. The molecule has 2 rings (SSSR count). The standard InChI is InChI=1S/C15H25N3/c1-12-7-9-16-14(17-12)18-10-5-6-13(8-11-18)15(2,3)4/h7,9,13H,5-6,8,10-11H2,1-4H3. The van der Waals surface area contributed by atoms with E-state index in [2.05, 4.69) is 35.6 Å². The van der Waals surface area contributed by atoms with Crippen molar-refractivity contribution in [3.8, 4) is 0 Å². The Morgan fingerprint density at radius 3 is 2.67 bits per heavy atom. The molecule has 0 aliphatic carbocycles. The minimum absolute atomic E-state index is 0.420. The second-order valence-electron chi connectivity index (χ2n) is 6.48. The van der Waals surface area contributed by atoms with Crippen molar-refractivity contribution >= 4 is 5.95 Å². The van der Waals surface area contributed by atoms with Gasteiger partial charge in [0, 0.05) is 25.0 Å². The van der Waals surface area contributed by atoms with E-state index in [1.165, 1.54) is 19.3 Å². The minimum Gasteiger partial charge on any atom is -0.341 e. The van der Waals surface area contributed by atoms with Crippen LogP contribution >= 0.6 is 0 Å². The molecule has 2 heterocycles. The van der Waals surface area contributed by atoms with Crippen LogP contribution in [0, 0.1) is 18.3 Å². The van der Waals surface area contributed by atoms with E-state index in [1.807, 2.05) is 19.2 Å². The van der Waals surface area contributed by atoms with E-state index in [0.29, 0.717) is 5.41 Å². The summed E-state index contributed by atoms with van der Waals surface area (Å²) in [5, 5.41) is 0. The zero-order valence-electron chi connectivity index (χ0n) is 12.1. The Bertz CT molecular complexity index is 395. The van der Waals surface area contributed by atoms with Crippen LogP contribution in [0.1, 0.15) is 45.7 Å². The summed E-state index contributed by atoms with van der Waals surface area (Å²) in [4.78, 5) is 11.3. The normalized spacial score (nSPS) is 21.8. The number of hydrogen-bond acceptors (Lipinski definition) is 3. The second-order valence-corrected chi connectivity index (χ2v) is 6.48. The second kappa shape index (κ2) is 5.25. The lowest BCUT2D eigenvalue weighted by molar-refractivity contribution is 0.220. The first kappa shape index (κ1) is 13.3. The monoisotopic (exact) mass is 247 g/mol. The summed E-state index contributed by atoms with van der Waals surface area (Å²) in [5.41, 5.74) is 1.47. The maximum atomic E-state index is 4.54. The predicted octanol–water partition coefficient (Wildman–Crippen LogP) is 3.44. The van der Waals surface area contributed by atoms with E-state index >= 15 is 0 Å². The Hall–Kier alpha value is -1.12. The highest BCUT2D eigenvalue weighted by Gasteiger charge is 2.27. The van der Waals surface area contributed by atoms with Crippen molar-refractivity contribution in [1.82, 2.24) is 9.97 Å². The van der Waals surface area contributed by atoms with Gasteiger partial charge in [-0.1, -0.05) is 20.8 Å². The molecule has 0 amide bonds. The van der Waals surface area contributed by atoms with Gasteiger partial charge >= 0.3 is 0 Å². The van der Waals surface area contributed by atoms with Crippen molar-refractivity contribution in [3.05, 3.63) is 18.0 Å². The van der Waals surface area contributed by atoms with Gasteiger partial charge in [0.25, 0.3) is 0 Å². The molecule has 3 heteroatoms. The molecule has 1 saturated heterocycles. The number of nitrogens with zero attached hydrogens (tertiary/aromatic N) is 3. The van der Waals surface area contributed by atoms with E-state index in [9.17, 15) is 0 Å².